The second kappa shape index (κ2) is 7.42. The van der Waals surface area contributed by atoms with E-state index in [1.165, 1.54) is 4.90 Å². The zero-order valence-corrected chi connectivity index (χ0v) is 16.6. The van der Waals surface area contributed by atoms with Crippen molar-refractivity contribution in [3.63, 3.8) is 0 Å². The van der Waals surface area contributed by atoms with Gasteiger partial charge in [0.15, 0.2) is 0 Å². The van der Waals surface area contributed by atoms with E-state index >= 15 is 0 Å². The average molecular weight is 393 g/mol. The van der Waals surface area contributed by atoms with Crippen LogP contribution in [0.5, 0.6) is 0 Å². The van der Waals surface area contributed by atoms with Gasteiger partial charge in [0, 0.05) is 51.6 Å². The van der Waals surface area contributed by atoms with Gasteiger partial charge < -0.3 is 24.3 Å². The number of hydrogen-bond donors (Lipinski definition) is 1. The van der Waals surface area contributed by atoms with Crippen LogP contribution in [0.15, 0.2) is 49.1 Å². The van der Waals surface area contributed by atoms with Crippen LogP contribution in [0.25, 0.3) is 0 Å². The zero-order chi connectivity index (χ0) is 20.5. The first-order valence-electron chi connectivity index (χ1n) is 9.30. The number of nitrogens with one attached hydrogen (secondary N) is 1. The number of carbonyl (C=O) groups excluding carboxylic acids is 2. The highest BCUT2D eigenvalue weighted by atomic mass is 16.2. The minimum Gasteiger partial charge on any atom is -0.336 e. The van der Waals surface area contributed by atoms with E-state index in [2.05, 4.69) is 15.3 Å². The predicted molar refractivity (Wildman–Crippen MR) is 107 cm³/mol. The SMILES string of the molecule is CN1C(=O)CN(C(=O)NC(c2nccn2C)c2nccn2C)Cc2ccccc21. The number of likely N-dealkylation sites (N-methyl/N-ethyl adjacent to an activating group) is 1. The van der Waals surface area contributed by atoms with Crippen LogP contribution in [0.1, 0.15) is 23.3 Å². The van der Waals surface area contributed by atoms with Gasteiger partial charge in [-0.3, -0.25) is 4.79 Å². The molecule has 9 heteroatoms. The monoisotopic (exact) mass is 393 g/mol. The highest BCUT2D eigenvalue weighted by Gasteiger charge is 2.30. The first-order chi connectivity index (χ1) is 14.0. The maximum absolute atomic E-state index is 13.2. The van der Waals surface area contributed by atoms with E-state index in [1.807, 2.05) is 59.9 Å². The Labute approximate surface area is 168 Å². The van der Waals surface area contributed by atoms with E-state index in [-0.39, 0.29) is 18.5 Å². The van der Waals surface area contributed by atoms with Crippen molar-refractivity contribution >= 4 is 17.6 Å². The third-order valence-corrected chi connectivity index (χ3v) is 5.20. The molecule has 150 valence electrons. The van der Waals surface area contributed by atoms with E-state index in [4.69, 9.17) is 0 Å². The van der Waals surface area contributed by atoms with Gasteiger partial charge in [-0.15, -0.1) is 0 Å². The van der Waals surface area contributed by atoms with Crippen LogP contribution in [0.3, 0.4) is 0 Å². The number of amides is 3. The number of carbonyl (C=O) groups is 2. The molecule has 0 unspecified atom stereocenters. The lowest BCUT2D eigenvalue weighted by atomic mass is 10.1. The van der Waals surface area contributed by atoms with Gasteiger partial charge in [0.2, 0.25) is 5.91 Å². The third kappa shape index (κ3) is 3.46. The minimum absolute atomic E-state index is 0.00906. The third-order valence-electron chi connectivity index (χ3n) is 5.20. The first kappa shape index (κ1) is 18.7. The van der Waals surface area contributed by atoms with Crippen molar-refractivity contribution in [2.24, 2.45) is 14.1 Å². The Hall–Kier alpha value is -3.62. The molecule has 2 aromatic heterocycles. The summed E-state index contributed by atoms with van der Waals surface area (Å²) in [5.41, 5.74) is 1.74. The van der Waals surface area contributed by atoms with Gasteiger partial charge in [-0.25, -0.2) is 14.8 Å². The van der Waals surface area contributed by atoms with Gasteiger partial charge in [0.25, 0.3) is 0 Å². The Kier molecular flexibility index (Phi) is 4.79. The molecule has 3 aromatic rings. The molecule has 1 aliphatic rings. The molecule has 0 aliphatic carbocycles. The fraction of sp³-hybridized carbons (Fsp3) is 0.300. The molecule has 3 amide bonds. The number of anilines is 1. The molecule has 3 heterocycles. The van der Waals surface area contributed by atoms with E-state index in [0.717, 1.165) is 11.3 Å². The maximum atomic E-state index is 13.2. The fourth-order valence-corrected chi connectivity index (χ4v) is 3.55. The van der Waals surface area contributed by atoms with Crippen LogP contribution in [0.2, 0.25) is 0 Å². The van der Waals surface area contributed by atoms with E-state index in [0.29, 0.717) is 18.2 Å². The number of benzene rings is 1. The average Bonchev–Trinajstić information content (AvgIpc) is 3.30. The molecule has 0 fully saturated rings. The maximum Gasteiger partial charge on any atom is 0.319 e. The minimum atomic E-state index is -0.547. The summed E-state index contributed by atoms with van der Waals surface area (Å²) in [5, 5.41) is 3.02. The molecule has 29 heavy (non-hydrogen) atoms. The Bertz CT molecular complexity index is 1010. The summed E-state index contributed by atoms with van der Waals surface area (Å²) in [6.07, 6.45) is 6.99. The standard InChI is InChI=1S/C20H23N7O2/c1-24-10-8-21-18(24)17(19-22-9-11-25(19)2)23-20(29)27-12-14-6-4-5-7-15(14)26(3)16(28)13-27/h4-11,17H,12-13H2,1-3H3,(H,23,29). The number of aryl methyl sites for hydroxylation is 2. The highest BCUT2D eigenvalue weighted by molar-refractivity contribution is 5.97. The molecule has 0 spiro atoms. The van der Waals surface area contributed by atoms with Crippen LogP contribution < -0.4 is 10.2 Å². The number of imidazole rings is 2. The van der Waals surface area contributed by atoms with Crippen molar-refractivity contribution in [2.75, 3.05) is 18.5 Å². The summed E-state index contributed by atoms with van der Waals surface area (Å²) in [6.45, 7) is 0.330. The molecule has 0 saturated heterocycles. The number of rotatable bonds is 3. The second-order valence-electron chi connectivity index (χ2n) is 7.11. The lowest BCUT2D eigenvalue weighted by Crippen LogP contribution is -2.45. The molecule has 4 rings (SSSR count). The predicted octanol–water partition coefficient (Wildman–Crippen LogP) is 1.43. The van der Waals surface area contributed by atoms with E-state index in [1.54, 1.807) is 24.3 Å². The van der Waals surface area contributed by atoms with Crippen molar-refractivity contribution in [3.8, 4) is 0 Å². The van der Waals surface area contributed by atoms with Crippen LogP contribution >= 0.6 is 0 Å². The summed E-state index contributed by atoms with van der Waals surface area (Å²) >= 11 is 0. The van der Waals surface area contributed by atoms with Crippen LogP contribution in [-0.4, -0.2) is 49.5 Å². The molecule has 0 radical (unpaired) electrons. The van der Waals surface area contributed by atoms with E-state index < -0.39 is 6.04 Å². The highest BCUT2D eigenvalue weighted by Crippen LogP contribution is 2.25. The number of hydrogen-bond acceptors (Lipinski definition) is 4. The Morgan fingerprint density at radius 3 is 2.21 bits per heavy atom. The van der Waals surface area contributed by atoms with Crippen molar-refractivity contribution in [2.45, 2.75) is 12.6 Å². The zero-order valence-electron chi connectivity index (χ0n) is 16.6. The molecular weight excluding hydrogens is 370 g/mol. The Morgan fingerprint density at radius 2 is 1.62 bits per heavy atom. The Balaban J connectivity index is 1.64. The van der Waals surface area contributed by atoms with Gasteiger partial charge in [-0.2, -0.15) is 0 Å². The molecule has 0 atom stereocenters. The Morgan fingerprint density at radius 1 is 1.00 bits per heavy atom. The first-order valence-corrected chi connectivity index (χ1v) is 9.30. The van der Waals surface area contributed by atoms with Gasteiger partial charge in [0.05, 0.1) is 6.54 Å². The summed E-state index contributed by atoms with van der Waals surface area (Å²) in [4.78, 5) is 37.7. The molecule has 1 N–H and O–H groups in total. The lowest BCUT2D eigenvalue weighted by molar-refractivity contribution is -0.118. The topological polar surface area (TPSA) is 88.3 Å². The van der Waals surface area contributed by atoms with E-state index in [9.17, 15) is 9.59 Å². The normalized spacial score (nSPS) is 14.1. The largest absolute Gasteiger partial charge is 0.336 e. The summed E-state index contributed by atoms with van der Waals surface area (Å²) in [5.74, 6) is 1.17. The number of fused-ring (bicyclic) bond motifs is 1. The molecule has 0 saturated carbocycles. The number of aromatic nitrogens is 4. The smallest absolute Gasteiger partial charge is 0.319 e. The summed E-state index contributed by atoms with van der Waals surface area (Å²) in [7, 11) is 5.46. The van der Waals surface area contributed by atoms with Crippen molar-refractivity contribution in [1.82, 2.24) is 29.3 Å². The van der Waals surface area contributed by atoms with Gasteiger partial charge in [-0.05, 0) is 11.6 Å². The van der Waals surface area contributed by atoms with Crippen molar-refractivity contribution < 1.29 is 9.59 Å². The summed E-state index contributed by atoms with van der Waals surface area (Å²) in [6, 6.07) is 6.71. The molecule has 1 aliphatic heterocycles. The molecule has 0 bridgehead atoms. The van der Waals surface area contributed by atoms with Gasteiger partial charge in [-0.1, -0.05) is 18.2 Å². The second-order valence-corrected chi connectivity index (χ2v) is 7.11. The number of para-hydroxylation sites is 1. The summed E-state index contributed by atoms with van der Waals surface area (Å²) < 4.78 is 3.69. The lowest BCUT2D eigenvalue weighted by Gasteiger charge is -2.25. The van der Waals surface area contributed by atoms with Crippen LogP contribution in [-0.2, 0) is 25.4 Å². The van der Waals surface area contributed by atoms with Crippen molar-refractivity contribution in [3.05, 3.63) is 66.3 Å². The van der Waals surface area contributed by atoms with Crippen LogP contribution in [0, 0.1) is 0 Å². The number of nitrogens with zero attached hydrogens (tertiary/aromatic N) is 6. The van der Waals surface area contributed by atoms with Crippen molar-refractivity contribution in [1.29, 1.82) is 0 Å². The number of urea groups is 1. The van der Waals surface area contributed by atoms with Gasteiger partial charge >= 0.3 is 6.03 Å². The quantitative estimate of drug-likeness (QED) is 0.729. The molecule has 9 nitrogen and oxygen atoms in total. The van der Waals surface area contributed by atoms with Crippen LogP contribution in [0.4, 0.5) is 10.5 Å². The molecule has 1 aromatic carbocycles. The molecular formula is C20H23N7O2. The van der Waals surface area contributed by atoms with Gasteiger partial charge in [0.1, 0.15) is 24.2 Å². The fourth-order valence-electron chi connectivity index (χ4n) is 3.55.